The first kappa shape index (κ1) is 11.3. The van der Waals surface area contributed by atoms with Crippen molar-refractivity contribution >= 4 is 29.6 Å². The van der Waals surface area contributed by atoms with E-state index < -0.39 is 6.03 Å². The third-order valence-corrected chi connectivity index (χ3v) is 2.89. The Morgan fingerprint density at radius 1 is 1.32 bits per heavy atom. The molecule has 2 aromatic heterocycles. The van der Waals surface area contributed by atoms with Gasteiger partial charge >= 0.3 is 6.03 Å². The van der Waals surface area contributed by atoms with Crippen LogP contribution in [-0.4, -0.2) is 39.4 Å². The van der Waals surface area contributed by atoms with E-state index in [1.165, 1.54) is 9.30 Å². The molecule has 0 saturated carbocycles. The first-order chi connectivity index (χ1) is 9.19. The second kappa shape index (κ2) is 4.16. The van der Waals surface area contributed by atoms with E-state index in [9.17, 15) is 14.4 Å². The first-order valence-corrected chi connectivity index (χ1v) is 5.60. The average molecular weight is 259 g/mol. The van der Waals surface area contributed by atoms with Crippen LogP contribution in [0.25, 0.3) is 5.65 Å². The van der Waals surface area contributed by atoms with Crippen molar-refractivity contribution in [3.05, 3.63) is 24.2 Å². The molecule has 0 radical (unpaired) electrons. The molecule has 1 saturated heterocycles. The Morgan fingerprint density at radius 2 is 2.16 bits per heavy atom. The van der Waals surface area contributed by atoms with Crippen LogP contribution >= 0.6 is 0 Å². The number of carbonyl (C=O) groups excluding carboxylic acids is 3. The van der Waals surface area contributed by atoms with Gasteiger partial charge in [-0.05, 0) is 6.07 Å². The highest BCUT2D eigenvalue weighted by Crippen LogP contribution is 2.18. The molecule has 3 heterocycles. The number of aromatic nitrogens is 3. The van der Waals surface area contributed by atoms with E-state index in [1.54, 1.807) is 18.3 Å². The highest BCUT2D eigenvalue weighted by Gasteiger charge is 2.24. The number of aldehydes is 1. The molecule has 8 nitrogen and oxygen atoms in total. The third-order valence-electron chi connectivity index (χ3n) is 2.89. The molecule has 1 aliphatic rings. The first-order valence-electron chi connectivity index (χ1n) is 5.60. The van der Waals surface area contributed by atoms with Crippen molar-refractivity contribution in [1.82, 2.24) is 19.9 Å². The number of nitrogens with one attached hydrogen (secondary N) is 1. The molecule has 8 heteroatoms. The van der Waals surface area contributed by atoms with Crippen LogP contribution in [0.15, 0.2) is 18.3 Å². The molecule has 1 fully saturated rings. The summed E-state index contributed by atoms with van der Waals surface area (Å²) in [7, 11) is 0. The van der Waals surface area contributed by atoms with Gasteiger partial charge in [-0.3, -0.25) is 24.2 Å². The van der Waals surface area contributed by atoms with E-state index >= 15 is 0 Å². The smallest absolute Gasteiger partial charge is 0.294 e. The summed E-state index contributed by atoms with van der Waals surface area (Å²) in [6.07, 6.45) is 2.47. The fourth-order valence-electron chi connectivity index (χ4n) is 1.96. The average Bonchev–Trinajstić information content (AvgIpc) is 2.80. The van der Waals surface area contributed by atoms with Gasteiger partial charge in [0.1, 0.15) is 0 Å². The van der Waals surface area contributed by atoms with Crippen molar-refractivity contribution in [2.75, 3.05) is 11.4 Å². The Balaban J connectivity index is 1.99. The molecule has 1 aliphatic heterocycles. The van der Waals surface area contributed by atoms with Gasteiger partial charge in [0.05, 0.1) is 5.69 Å². The molecule has 0 aromatic carbocycles. The van der Waals surface area contributed by atoms with Gasteiger partial charge in [-0.25, -0.2) is 4.79 Å². The minimum absolute atomic E-state index is 0.194. The molecule has 0 bridgehead atoms. The summed E-state index contributed by atoms with van der Waals surface area (Å²) in [5.74, 6) is -0.0899. The second-order valence-electron chi connectivity index (χ2n) is 4.04. The molecule has 0 unspecified atom stereocenters. The summed E-state index contributed by atoms with van der Waals surface area (Å²) >= 11 is 0. The molecule has 19 heavy (non-hydrogen) atoms. The lowest BCUT2D eigenvalue weighted by Crippen LogP contribution is -2.49. The lowest BCUT2D eigenvalue weighted by molar-refractivity contribution is -0.120. The van der Waals surface area contributed by atoms with Crippen LogP contribution in [-0.2, 0) is 4.79 Å². The van der Waals surface area contributed by atoms with Crippen molar-refractivity contribution in [3.63, 3.8) is 0 Å². The number of urea groups is 1. The molecule has 3 rings (SSSR count). The minimum Gasteiger partial charge on any atom is -0.294 e. The number of amides is 3. The van der Waals surface area contributed by atoms with Crippen LogP contribution in [0.4, 0.5) is 10.5 Å². The quantitative estimate of drug-likeness (QED) is 0.765. The van der Waals surface area contributed by atoms with Crippen LogP contribution in [0.2, 0.25) is 0 Å². The molecular formula is C11H9N5O3. The Bertz CT molecular complexity index is 693. The molecule has 0 spiro atoms. The van der Waals surface area contributed by atoms with Gasteiger partial charge < -0.3 is 0 Å². The summed E-state index contributed by atoms with van der Waals surface area (Å²) in [5, 5.41) is 9.79. The monoisotopic (exact) mass is 259 g/mol. The van der Waals surface area contributed by atoms with Gasteiger partial charge in [0, 0.05) is 25.2 Å². The van der Waals surface area contributed by atoms with E-state index in [0.717, 1.165) is 0 Å². The zero-order valence-electron chi connectivity index (χ0n) is 9.74. The van der Waals surface area contributed by atoms with Gasteiger partial charge in [-0.15, -0.1) is 10.2 Å². The molecule has 3 amide bonds. The predicted octanol–water partition coefficient (Wildman–Crippen LogP) is -0.0119. The van der Waals surface area contributed by atoms with E-state index in [2.05, 4.69) is 15.5 Å². The summed E-state index contributed by atoms with van der Waals surface area (Å²) < 4.78 is 1.52. The minimum atomic E-state index is -0.462. The maximum Gasteiger partial charge on any atom is 0.328 e. The molecule has 1 N–H and O–H groups in total. The Kier molecular flexibility index (Phi) is 2.48. The normalized spacial score (nSPS) is 15.7. The summed E-state index contributed by atoms with van der Waals surface area (Å²) in [4.78, 5) is 34.9. The molecule has 96 valence electrons. The third kappa shape index (κ3) is 1.82. The largest absolute Gasteiger partial charge is 0.328 e. The summed E-state index contributed by atoms with van der Waals surface area (Å²) in [6.45, 7) is 0.315. The van der Waals surface area contributed by atoms with Gasteiger partial charge in [0.15, 0.2) is 11.9 Å². The van der Waals surface area contributed by atoms with Crippen LogP contribution in [0.3, 0.4) is 0 Å². The second-order valence-corrected chi connectivity index (χ2v) is 4.04. The number of hydrogen-bond acceptors (Lipinski definition) is 5. The van der Waals surface area contributed by atoms with Crippen LogP contribution in [0.5, 0.6) is 0 Å². The number of anilines is 1. The Morgan fingerprint density at radius 3 is 2.89 bits per heavy atom. The van der Waals surface area contributed by atoms with Crippen molar-refractivity contribution in [3.8, 4) is 0 Å². The SMILES string of the molecule is O=Cc1nnc2cc(N3CCC(=O)NC3=O)ccn12. The van der Waals surface area contributed by atoms with Crippen molar-refractivity contribution in [2.45, 2.75) is 6.42 Å². The number of rotatable bonds is 2. The van der Waals surface area contributed by atoms with Gasteiger partial charge in [-0.1, -0.05) is 0 Å². The standard InChI is InChI=1S/C11H9N5O3/c17-6-9-14-13-8-5-7(1-3-16(8)9)15-4-2-10(18)12-11(15)19/h1,3,5-6H,2,4H2,(H,12,18,19). The fraction of sp³-hybridized carbons (Fsp3) is 0.182. The predicted molar refractivity (Wildman–Crippen MR) is 63.9 cm³/mol. The van der Waals surface area contributed by atoms with Crippen molar-refractivity contribution < 1.29 is 14.4 Å². The fourth-order valence-corrected chi connectivity index (χ4v) is 1.96. The molecule has 2 aromatic rings. The zero-order valence-corrected chi connectivity index (χ0v) is 9.74. The summed E-state index contributed by atoms with van der Waals surface area (Å²) in [5.41, 5.74) is 1.06. The Hall–Kier alpha value is -2.77. The van der Waals surface area contributed by atoms with Gasteiger partial charge in [-0.2, -0.15) is 0 Å². The topological polar surface area (TPSA) is 96.7 Å². The lowest BCUT2D eigenvalue weighted by Gasteiger charge is -2.26. The van der Waals surface area contributed by atoms with Crippen molar-refractivity contribution in [1.29, 1.82) is 0 Å². The van der Waals surface area contributed by atoms with Gasteiger partial charge in [0.2, 0.25) is 11.7 Å². The maximum absolute atomic E-state index is 11.7. The molecular weight excluding hydrogens is 250 g/mol. The van der Waals surface area contributed by atoms with Crippen molar-refractivity contribution in [2.24, 2.45) is 0 Å². The summed E-state index contributed by atoms with van der Waals surface area (Å²) in [6, 6.07) is 2.84. The molecule has 0 atom stereocenters. The van der Waals surface area contributed by atoms with Crippen LogP contribution in [0, 0.1) is 0 Å². The number of hydrogen-bond donors (Lipinski definition) is 1. The van der Waals surface area contributed by atoms with E-state index in [0.29, 0.717) is 24.2 Å². The van der Waals surface area contributed by atoms with E-state index in [-0.39, 0.29) is 18.2 Å². The number of pyridine rings is 1. The number of imide groups is 1. The van der Waals surface area contributed by atoms with E-state index in [4.69, 9.17) is 0 Å². The van der Waals surface area contributed by atoms with Gasteiger partial charge in [0.25, 0.3) is 0 Å². The Labute approximate surface area is 107 Å². The van der Waals surface area contributed by atoms with E-state index in [1.807, 2.05) is 0 Å². The number of fused-ring (bicyclic) bond motifs is 1. The van der Waals surface area contributed by atoms with Crippen LogP contribution in [0.1, 0.15) is 17.0 Å². The highest BCUT2D eigenvalue weighted by molar-refractivity contribution is 6.05. The maximum atomic E-state index is 11.7. The number of nitrogens with zero attached hydrogens (tertiary/aromatic N) is 4. The van der Waals surface area contributed by atoms with Crippen LogP contribution < -0.4 is 10.2 Å². The lowest BCUT2D eigenvalue weighted by atomic mass is 10.2. The highest BCUT2D eigenvalue weighted by atomic mass is 16.2. The zero-order chi connectivity index (χ0) is 13.4. The number of carbonyl (C=O) groups is 3. The molecule has 0 aliphatic carbocycles.